The van der Waals surface area contributed by atoms with Crippen molar-refractivity contribution in [3.05, 3.63) is 24.3 Å². The minimum absolute atomic E-state index is 0.0144. The molecule has 0 aliphatic rings. The van der Waals surface area contributed by atoms with Crippen LogP contribution in [0, 0.1) is 0 Å². The molecule has 4 nitrogen and oxygen atoms in total. The van der Waals surface area contributed by atoms with Crippen LogP contribution < -0.4 is 15.5 Å². The number of anilines is 2. The van der Waals surface area contributed by atoms with Crippen molar-refractivity contribution in [3.8, 4) is 0 Å². The summed E-state index contributed by atoms with van der Waals surface area (Å²) in [5.41, 5.74) is 1.94. The molecule has 0 unspecified atom stereocenters. The van der Waals surface area contributed by atoms with Crippen molar-refractivity contribution >= 4 is 17.3 Å². The number of nitrogens with one attached hydrogen (secondary N) is 2. The lowest BCUT2D eigenvalue weighted by molar-refractivity contribution is -0.115. The Hall–Kier alpha value is -1.55. The van der Waals surface area contributed by atoms with E-state index in [1.807, 2.05) is 50.2 Å². The number of carbonyl (C=O) groups is 1. The highest BCUT2D eigenvalue weighted by Crippen LogP contribution is 2.15. The molecule has 0 fully saturated rings. The fourth-order valence-electron chi connectivity index (χ4n) is 1.29. The quantitative estimate of drug-likeness (QED) is 0.787. The fraction of sp³-hybridized carbons (Fsp3) is 0.417. The van der Waals surface area contributed by atoms with Gasteiger partial charge in [0.2, 0.25) is 5.91 Å². The van der Waals surface area contributed by atoms with Gasteiger partial charge in [-0.3, -0.25) is 4.79 Å². The lowest BCUT2D eigenvalue weighted by Gasteiger charge is -2.13. The van der Waals surface area contributed by atoms with E-state index >= 15 is 0 Å². The summed E-state index contributed by atoms with van der Waals surface area (Å²) in [6.45, 7) is 3.12. The highest BCUT2D eigenvalue weighted by molar-refractivity contribution is 5.92. The standard InChI is InChI=1S/C12H19N3O/c1-4-13-9-12(16)14-10-5-7-11(8-6-10)15(2)3/h5-8,13H,4,9H2,1-3H3,(H,14,16). The summed E-state index contributed by atoms with van der Waals surface area (Å²) >= 11 is 0. The molecule has 1 aromatic rings. The zero-order valence-electron chi connectivity index (χ0n) is 10.1. The zero-order valence-corrected chi connectivity index (χ0v) is 10.1. The van der Waals surface area contributed by atoms with E-state index in [-0.39, 0.29) is 5.91 Å². The number of hydrogen-bond donors (Lipinski definition) is 2. The summed E-state index contributed by atoms with van der Waals surface area (Å²) in [6, 6.07) is 7.75. The Morgan fingerprint density at radius 3 is 2.38 bits per heavy atom. The monoisotopic (exact) mass is 221 g/mol. The fourth-order valence-corrected chi connectivity index (χ4v) is 1.29. The van der Waals surface area contributed by atoms with Crippen LogP contribution in [0.1, 0.15) is 6.92 Å². The largest absolute Gasteiger partial charge is 0.378 e. The Labute approximate surface area is 96.6 Å². The zero-order chi connectivity index (χ0) is 12.0. The highest BCUT2D eigenvalue weighted by Gasteiger charge is 2.01. The molecule has 0 spiro atoms. The van der Waals surface area contributed by atoms with Crippen molar-refractivity contribution in [3.63, 3.8) is 0 Å². The van der Waals surface area contributed by atoms with Crippen LogP contribution in [0.25, 0.3) is 0 Å². The predicted octanol–water partition coefficient (Wildman–Crippen LogP) is 1.30. The molecule has 1 aromatic carbocycles. The third-order valence-electron chi connectivity index (χ3n) is 2.20. The van der Waals surface area contributed by atoms with E-state index in [4.69, 9.17) is 0 Å². The molecule has 0 aliphatic heterocycles. The molecule has 0 aromatic heterocycles. The van der Waals surface area contributed by atoms with Gasteiger partial charge in [-0.2, -0.15) is 0 Å². The summed E-state index contributed by atoms with van der Waals surface area (Å²) in [5, 5.41) is 5.80. The number of likely N-dealkylation sites (N-methyl/N-ethyl adjacent to an activating group) is 1. The lowest BCUT2D eigenvalue weighted by Crippen LogP contribution is -2.27. The second kappa shape index (κ2) is 6.12. The van der Waals surface area contributed by atoms with Gasteiger partial charge < -0.3 is 15.5 Å². The number of amides is 1. The van der Waals surface area contributed by atoms with Crippen LogP contribution in [0.5, 0.6) is 0 Å². The first-order valence-electron chi connectivity index (χ1n) is 5.41. The first-order valence-corrected chi connectivity index (χ1v) is 5.41. The summed E-state index contributed by atoms with van der Waals surface area (Å²) < 4.78 is 0. The van der Waals surface area contributed by atoms with Gasteiger partial charge in [-0.05, 0) is 30.8 Å². The van der Waals surface area contributed by atoms with Crippen LogP contribution in [0.15, 0.2) is 24.3 Å². The van der Waals surface area contributed by atoms with Gasteiger partial charge in [0.25, 0.3) is 0 Å². The van der Waals surface area contributed by atoms with Crippen LogP contribution in [0.2, 0.25) is 0 Å². The second-order valence-corrected chi connectivity index (χ2v) is 3.77. The lowest BCUT2D eigenvalue weighted by atomic mass is 10.2. The van der Waals surface area contributed by atoms with E-state index in [0.717, 1.165) is 17.9 Å². The Kier molecular flexibility index (Phi) is 4.79. The molecule has 4 heteroatoms. The smallest absolute Gasteiger partial charge is 0.238 e. The predicted molar refractivity (Wildman–Crippen MR) is 67.9 cm³/mol. The van der Waals surface area contributed by atoms with Crippen LogP contribution in [0.4, 0.5) is 11.4 Å². The molecule has 1 amide bonds. The van der Waals surface area contributed by atoms with E-state index in [2.05, 4.69) is 10.6 Å². The van der Waals surface area contributed by atoms with Crippen molar-refractivity contribution in [1.29, 1.82) is 0 Å². The Balaban J connectivity index is 2.51. The van der Waals surface area contributed by atoms with Crippen molar-refractivity contribution < 1.29 is 4.79 Å². The molecule has 0 saturated carbocycles. The van der Waals surface area contributed by atoms with Gasteiger partial charge >= 0.3 is 0 Å². The number of carbonyl (C=O) groups excluding carboxylic acids is 1. The maximum absolute atomic E-state index is 11.4. The molecule has 0 radical (unpaired) electrons. The normalized spacial score (nSPS) is 9.94. The van der Waals surface area contributed by atoms with Crippen molar-refractivity contribution in [2.75, 3.05) is 37.4 Å². The van der Waals surface area contributed by atoms with Gasteiger partial charge in [-0.25, -0.2) is 0 Å². The number of nitrogens with zero attached hydrogens (tertiary/aromatic N) is 1. The van der Waals surface area contributed by atoms with E-state index in [9.17, 15) is 4.79 Å². The summed E-state index contributed by atoms with van der Waals surface area (Å²) in [6.07, 6.45) is 0. The van der Waals surface area contributed by atoms with Crippen LogP contribution in [-0.4, -0.2) is 33.1 Å². The van der Waals surface area contributed by atoms with E-state index in [0.29, 0.717) is 6.54 Å². The molecule has 0 bridgehead atoms. The van der Waals surface area contributed by atoms with E-state index in [1.54, 1.807) is 0 Å². The van der Waals surface area contributed by atoms with Gasteiger partial charge in [-0.15, -0.1) is 0 Å². The molecule has 0 atom stereocenters. The molecular weight excluding hydrogens is 202 g/mol. The molecule has 16 heavy (non-hydrogen) atoms. The topological polar surface area (TPSA) is 44.4 Å². The maximum atomic E-state index is 11.4. The van der Waals surface area contributed by atoms with Gasteiger partial charge in [0.1, 0.15) is 0 Å². The van der Waals surface area contributed by atoms with E-state index in [1.165, 1.54) is 0 Å². The number of rotatable bonds is 5. The Morgan fingerprint density at radius 2 is 1.88 bits per heavy atom. The number of benzene rings is 1. The maximum Gasteiger partial charge on any atom is 0.238 e. The third-order valence-corrected chi connectivity index (χ3v) is 2.20. The Morgan fingerprint density at radius 1 is 1.25 bits per heavy atom. The van der Waals surface area contributed by atoms with Crippen LogP contribution >= 0.6 is 0 Å². The van der Waals surface area contributed by atoms with Gasteiger partial charge in [0.05, 0.1) is 6.54 Å². The highest BCUT2D eigenvalue weighted by atomic mass is 16.1. The second-order valence-electron chi connectivity index (χ2n) is 3.77. The van der Waals surface area contributed by atoms with Gasteiger partial charge in [0, 0.05) is 25.5 Å². The first-order chi connectivity index (χ1) is 7.63. The summed E-state index contributed by atoms with van der Waals surface area (Å²) in [4.78, 5) is 13.4. The average molecular weight is 221 g/mol. The molecular formula is C12H19N3O. The average Bonchev–Trinajstić information content (AvgIpc) is 2.27. The molecule has 0 saturated heterocycles. The van der Waals surface area contributed by atoms with Crippen LogP contribution in [0.3, 0.4) is 0 Å². The van der Waals surface area contributed by atoms with Crippen molar-refractivity contribution in [2.24, 2.45) is 0 Å². The Bertz CT molecular complexity index is 333. The van der Waals surface area contributed by atoms with Crippen molar-refractivity contribution in [1.82, 2.24) is 5.32 Å². The van der Waals surface area contributed by atoms with E-state index < -0.39 is 0 Å². The third kappa shape index (κ3) is 3.90. The number of hydrogen-bond acceptors (Lipinski definition) is 3. The molecule has 0 heterocycles. The van der Waals surface area contributed by atoms with Crippen molar-refractivity contribution in [2.45, 2.75) is 6.92 Å². The minimum atomic E-state index is -0.0144. The molecule has 1 rings (SSSR count). The SMILES string of the molecule is CCNCC(=O)Nc1ccc(N(C)C)cc1. The molecule has 2 N–H and O–H groups in total. The van der Waals surface area contributed by atoms with Gasteiger partial charge in [0.15, 0.2) is 0 Å². The summed E-state index contributed by atoms with van der Waals surface area (Å²) in [7, 11) is 3.97. The molecule has 0 aliphatic carbocycles. The minimum Gasteiger partial charge on any atom is -0.378 e. The van der Waals surface area contributed by atoms with Gasteiger partial charge in [-0.1, -0.05) is 6.92 Å². The molecule has 88 valence electrons. The summed E-state index contributed by atoms with van der Waals surface area (Å²) in [5.74, 6) is -0.0144. The first kappa shape index (κ1) is 12.5. The van der Waals surface area contributed by atoms with Crippen LogP contribution in [-0.2, 0) is 4.79 Å².